The van der Waals surface area contributed by atoms with Gasteiger partial charge in [0, 0.05) is 18.3 Å². The minimum atomic E-state index is -3.67. The number of nitrogens with zero attached hydrogens (tertiary/aromatic N) is 3. The Kier molecular flexibility index (Phi) is 7.14. The van der Waals surface area contributed by atoms with Gasteiger partial charge in [0.15, 0.2) is 4.34 Å². The van der Waals surface area contributed by atoms with E-state index >= 15 is 0 Å². The number of amides is 1. The first kappa shape index (κ1) is 22.0. The first-order valence-electron chi connectivity index (χ1n) is 9.25. The molecular weight excluding hydrogens is 432 g/mol. The predicted octanol–water partition coefficient (Wildman–Crippen LogP) is 3.09. The van der Waals surface area contributed by atoms with Gasteiger partial charge in [0.2, 0.25) is 21.1 Å². The normalized spacial score (nSPS) is 18.0. The van der Waals surface area contributed by atoms with Gasteiger partial charge in [0.25, 0.3) is 0 Å². The topological polar surface area (TPSA) is 101 Å². The lowest BCUT2D eigenvalue weighted by molar-refractivity contribution is -0.120. The molecule has 158 valence electrons. The molecule has 1 unspecified atom stereocenters. The summed E-state index contributed by atoms with van der Waals surface area (Å²) in [4.78, 5) is 12.9. The van der Waals surface area contributed by atoms with E-state index in [1.54, 1.807) is 23.9 Å². The van der Waals surface area contributed by atoms with Gasteiger partial charge in [-0.05, 0) is 37.1 Å². The van der Waals surface area contributed by atoms with Crippen molar-refractivity contribution in [3.63, 3.8) is 0 Å². The molecule has 1 aliphatic heterocycles. The van der Waals surface area contributed by atoms with Crippen molar-refractivity contribution in [1.82, 2.24) is 14.5 Å². The Labute approximate surface area is 179 Å². The summed E-state index contributed by atoms with van der Waals surface area (Å²) in [5.74, 6) is -0.0642. The SMILES string of the molecule is COc1ccc(S(=O)(=O)N2CCCC(C(=O)Nc3nnc(SC(C)C)s3)C2)cc1. The van der Waals surface area contributed by atoms with Crippen LogP contribution in [0.5, 0.6) is 5.75 Å². The van der Waals surface area contributed by atoms with Crippen molar-refractivity contribution in [3.05, 3.63) is 24.3 Å². The number of aromatic nitrogens is 2. The molecule has 0 aliphatic carbocycles. The van der Waals surface area contributed by atoms with Gasteiger partial charge >= 0.3 is 0 Å². The standard InChI is InChI=1S/C18H24N4O4S3/c1-12(2)27-18-21-20-17(28-18)19-16(23)13-5-4-10-22(11-13)29(24,25)15-8-6-14(26-3)7-9-15/h6-9,12-13H,4-5,10-11H2,1-3H3,(H,19,20,23). The van der Waals surface area contributed by atoms with Crippen LogP contribution >= 0.6 is 23.1 Å². The van der Waals surface area contributed by atoms with Crippen molar-refractivity contribution in [1.29, 1.82) is 0 Å². The monoisotopic (exact) mass is 456 g/mol. The molecule has 0 saturated carbocycles. The number of rotatable bonds is 7. The summed E-state index contributed by atoms with van der Waals surface area (Å²) in [5.41, 5.74) is 0. The number of ether oxygens (including phenoxy) is 1. The van der Waals surface area contributed by atoms with E-state index in [4.69, 9.17) is 4.74 Å². The van der Waals surface area contributed by atoms with Crippen LogP contribution in [0.2, 0.25) is 0 Å². The fourth-order valence-electron chi connectivity index (χ4n) is 2.99. The third-order valence-corrected chi connectivity index (χ3v) is 8.23. The minimum Gasteiger partial charge on any atom is -0.497 e. The van der Waals surface area contributed by atoms with Gasteiger partial charge in [-0.15, -0.1) is 10.2 Å². The number of anilines is 1. The molecule has 11 heteroatoms. The van der Waals surface area contributed by atoms with Gasteiger partial charge in [0.1, 0.15) is 5.75 Å². The van der Waals surface area contributed by atoms with Gasteiger partial charge < -0.3 is 10.1 Å². The maximum absolute atomic E-state index is 12.9. The van der Waals surface area contributed by atoms with Crippen LogP contribution < -0.4 is 10.1 Å². The van der Waals surface area contributed by atoms with Gasteiger partial charge in [-0.25, -0.2) is 8.42 Å². The van der Waals surface area contributed by atoms with Crippen molar-refractivity contribution in [2.45, 2.75) is 41.2 Å². The van der Waals surface area contributed by atoms with Crippen LogP contribution in [0.3, 0.4) is 0 Å². The highest BCUT2D eigenvalue weighted by Crippen LogP contribution is 2.30. The van der Waals surface area contributed by atoms with Crippen LogP contribution in [0.1, 0.15) is 26.7 Å². The third kappa shape index (κ3) is 5.47. The summed E-state index contributed by atoms with van der Waals surface area (Å²) in [6.07, 6.45) is 1.25. The third-order valence-electron chi connectivity index (χ3n) is 4.43. The zero-order valence-corrected chi connectivity index (χ0v) is 18.9. The number of hydrogen-bond donors (Lipinski definition) is 1. The molecule has 1 fully saturated rings. The lowest BCUT2D eigenvalue weighted by Crippen LogP contribution is -2.43. The van der Waals surface area contributed by atoms with Gasteiger partial charge in [-0.3, -0.25) is 4.79 Å². The number of sulfonamides is 1. The molecule has 0 bridgehead atoms. The Morgan fingerprint density at radius 3 is 2.69 bits per heavy atom. The highest BCUT2D eigenvalue weighted by molar-refractivity contribution is 8.01. The van der Waals surface area contributed by atoms with Gasteiger partial charge in [-0.2, -0.15) is 4.31 Å². The number of piperidine rings is 1. The Hall–Kier alpha value is -1.69. The second-order valence-electron chi connectivity index (χ2n) is 6.91. The molecule has 8 nitrogen and oxygen atoms in total. The molecule has 0 spiro atoms. The van der Waals surface area contributed by atoms with Gasteiger partial charge in [0.05, 0.1) is 17.9 Å². The van der Waals surface area contributed by atoms with Gasteiger partial charge in [-0.1, -0.05) is 36.9 Å². The summed E-state index contributed by atoms with van der Waals surface area (Å²) in [7, 11) is -2.14. The van der Waals surface area contributed by atoms with E-state index in [1.807, 2.05) is 0 Å². The summed E-state index contributed by atoms with van der Waals surface area (Å²) in [6, 6.07) is 6.27. The molecule has 1 aromatic carbocycles. The summed E-state index contributed by atoms with van der Waals surface area (Å²) < 4.78 is 33.2. The average molecular weight is 457 g/mol. The van der Waals surface area contributed by atoms with Crippen LogP contribution in [0, 0.1) is 5.92 Å². The number of benzene rings is 1. The zero-order valence-electron chi connectivity index (χ0n) is 16.5. The number of methoxy groups -OCH3 is 1. The zero-order chi connectivity index (χ0) is 21.0. The molecule has 0 radical (unpaired) electrons. The molecular formula is C18H24N4O4S3. The van der Waals surface area contributed by atoms with E-state index < -0.39 is 15.9 Å². The van der Waals surface area contributed by atoms with Crippen LogP contribution in [0.15, 0.2) is 33.5 Å². The molecule has 3 rings (SSSR count). The fourth-order valence-corrected chi connectivity index (χ4v) is 6.49. The number of thioether (sulfide) groups is 1. The Bertz CT molecular complexity index is 944. The van der Waals surface area contributed by atoms with E-state index in [9.17, 15) is 13.2 Å². The quantitative estimate of drug-likeness (QED) is 0.505. The van der Waals surface area contributed by atoms with Crippen LogP contribution in [-0.2, 0) is 14.8 Å². The van der Waals surface area contributed by atoms with E-state index in [2.05, 4.69) is 29.4 Å². The second-order valence-corrected chi connectivity index (χ2v) is 11.6. The van der Waals surface area contributed by atoms with E-state index in [0.29, 0.717) is 35.5 Å². The van der Waals surface area contributed by atoms with E-state index in [1.165, 1.54) is 34.9 Å². The molecule has 1 aliphatic rings. The maximum Gasteiger partial charge on any atom is 0.243 e. The Morgan fingerprint density at radius 2 is 2.03 bits per heavy atom. The van der Waals surface area contributed by atoms with E-state index in [-0.39, 0.29) is 17.3 Å². The van der Waals surface area contributed by atoms with Crippen molar-refractivity contribution >= 4 is 44.2 Å². The first-order valence-corrected chi connectivity index (χ1v) is 12.4. The maximum atomic E-state index is 12.9. The largest absolute Gasteiger partial charge is 0.497 e. The van der Waals surface area contributed by atoms with Crippen molar-refractivity contribution < 1.29 is 17.9 Å². The number of hydrogen-bond acceptors (Lipinski definition) is 8. The lowest BCUT2D eigenvalue weighted by atomic mass is 9.99. The van der Waals surface area contributed by atoms with Crippen molar-refractivity contribution in [2.24, 2.45) is 5.92 Å². The highest BCUT2D eigenvalue weighted by Gasteiger charge is 2.33. The Morgan fingerprint density at radius 1 is 1.31 bits per heavy atom. The smallest absolute Gasteiger partial charge is 0.243 e. The molecule has 1 saturated heterocycles. The number of carbonyl (C=O) groups is 1. The summed E-state index contributed by atoms with van der Waals surface area (Å²) in [5, 5.41) is 11.7. The number of carbonyl (C=O) groups excluding carboxylic acids is 1. The summed E-state index contributed by atoms with van der Waals surface area (Å²) >= 11 is 2.91. The lowest BCUT2D eigenvalue weighted by Gasteiger charge is -2.31. The highest BCUT2D eigenvalue weighted by atomic mass is 32.2. The predicted molar refractivity (Wildman–Crippen MR) is 114 cm³/mol. The molecule has 1 N–H and O–H groups in total. The molecule has 1 atom stereocenters. The molecule has 1 aromatic heterocycles. The van der Waals surface area contributed by atoms with Crippen LogP contribution in [0.4, 0.5) is 5.13 Å². The van der Waals surface area contributed by atoms with Crippen LogP contribution in [0.25, 0.3) is 0 Å². The Balaban J connectivity index is 1.66. The molecule has 29 heavy (non-hydrogen) atoms. The average Bonchev–Trinajstić information content (AvgIpc) is 3.14. The van der Waals surface area contributed by atoms with E-state index in [0.717, 1.165) is 4.34 Å². The minimum absolute atomic E-state index is 0.145. The first-order chi connectivity index (χ1) is 13.8. The second kappa shape index (κ2) is 9.41. The van der Waals surface area contributed by atoms with Crippen LogP contribution in [-0.4, -0.2) is 54.3 Å². The molecule has 1 amide bonds. The fraction of sp³-hybridized carbons (Fsp3) is 0.500. The molecule has 2 aromatic rings. The number of nitrogens with one attached hydrogen (secondary N) is 1. The van der Waals surface area contributed by atoms with Crippen molar-refractivity contribution in [3.8, 4) is 5.75 Å². The summed E-state index contributed by atoms with van der Waals surface area (Å²) in [6.45, 7) is 4.66. The van der Waals surface area contributed by atoms with Crippen molar-refractivity contribution in [2.75, 3.05) is 25.5 Å². The molecule has 2 heterocycles.